The highest BCUT2D eigenvalue weighted by molar-refractivity contribution is 5.79. The van der Waals surface area contributed by atoms with E-state index in [0.717, 1.165) is 17.7 Å². The third-order valence-electron chi connectivity index (χ3n) is 5.32. The topological polar surface area (TPSA) is 38.3 Å². The molecule has 2 aromatic rings. The average Bonchev–Trinajstić information content (AvgIpc) is 3.07. The fraction of sp³-hybridized carbons (Fsp3) is 0.409. The highest BCUT2D eigenvalue weighted by atomic mass is 19.4. The molecule has 3 nitrogen and oxygen atoms in total. The van der Waals surface area contributed by atoms with Crippen molar-refractivity contribution in [1.82, 2.24) is 5.32 Å². The summed E-state index contributed by atoms with van der Waals surface area (Å²) < 4.78 is 73.0. The van der Waals surface area contributed by atoms with Gasteiger partial charge in [-0.2, -0.15) is 13.2 Å². The van der Waals surface area contributed by atoms with Crippen molar-refractivity contribution in [2.24, 2.45) is 0 Å². The lowest BCUT2D eigenvalue weighted by molar-refractivity contribution is -0.138. The Kier molecular flexibility index (Phi) is 5.91. The highest BCUT2D eigenvalue weighted by Crippen LogP contribution is 2.38. The number of alkyl halides is 5. The van der Waals surface area contributed by atoms with Gasteiger partial charge in [-0.05, 0) is 42.7 Å². The molecule has 1 heterocycles. The van der Waals surface area contributed by atoms with Crippen molar-refractivity contribution < 1.29 is 31.5 Å². The van der Waals surface area contributed by atoms with Gasteiger partial charge in [-0.25, -0.2) is 8.78 Å². The number of nitrogens with one attached hydrogen (secondary N) is 1. The van der Waals surface area contributed by atoms with Crippen LogP contribution in [0.4, 0.5) is 22.0 Å². The Morgan fingerprint density at radius 2 is 1.70 bits per heavy atom. The number of hydrogen-bond donors (Lipinski definition) is 1. The highest BCUT2D eigenvalue weighted by Gasteiger charge is 2.40. The molecule has 0 saturated carbocycles. The van der Waals surface area contributed by atoms with Gasteiger partial charge in [0.1, 0.15) is 0 Å². The maximum absolute atomic E-state index is 13.8. The largest absolute Gasteiger partial charge is 0.416 e. The molecule has 162 valence electrons. The second-order valence-electron chi connectivity index (χ2n) is 7.68. The van der Waals surface area contributed by atoms with Crippen LogP contribution in [0.2, 0.25) is 0 Å². The number of hydrogen-bond acceptors (Lipinski definition) is 2. The van der Waals surface area contributed by atoms with Gasteiger partial charge in [0.2, 0.25) is 5.91 Å². The van der Waals surface area contributed by atoms with Crippen LogP contribution in [-0.4, -0.2) is 12.5 Å². The lowest BCUT2D eigenvalue weighted by Crippen LogP contribution is -2.43. The number of carbonyl (C=O) groups excluding carboxylic acids is 1. The van der Waals surface area contributed by atoms with Gasteiger partial charge in [-0.3, -0.25) is 4.79 Å². The van der Waals surface area contributed by atoms with Gasteiger partial charge in [0.25, 0.3) is 5.92 Å². The Bertz CT molecular complexity index is 876. The SMILES string of the molecule is C[C@@H](OC[C@@]1(c2ccccc2)CCC(=O)N1)c1cc(C(C)(F)F)cc(C(F)(F)F)c1. The molecule has 1 fully saturated rings. The van der Waals surface area contributed by atoms with Crippen LogP contribution in [-0.2, 0) is 27.2 Å². The van der Waals surface area contributed by atoms with Crippen molar-refractivity contribution >= 4 is 5.91 Å². The van der Waals surface area contributed by atoms with E-state index in [1.54, 1.807) is 0 Å². The molecule has 1 aliphatic rings. The van der Waals surface area contributed by atoms with Crippen LogP contribution in [0, 0.1) is 0 Å². The summed E-state index contributed by atoms with van der Waals surface area (Å²) in [4.78, 5) is 11.9. The predicted octanol–water partition coefficient (Wildman–Crippen LogP) is 5.70. The van der Waals surface area contributed by atoms with E-state index in [1.165, 1.54) is 6.92 Å². The molecular formula is C22H22F5NO2. The first kappa shape index (κ1) is 22.2. The predicted molar refractivity (Wildman–Crippen MR) is 101 cm³/mol. The molecule has 30 heavy (non-hydrogen) atoms. The summed E-state index contributed by atoms with van der Waals surface area (Å²) >= 11 is 0. The molecule has 0 unspecified atom stereocenters. The molecule has 1 aliphatic heterocycles. The van der Waals surface area contributed by atoms with E-state index in [4.69, 9.17) is 4.74 Å². The third kappa shape index (κ3) is 4.80. The minimum atomic E-state index is -4.76. The van der Waals surface area contributed by atoms with Gasteiger partial charge in [0.15, 0.2) is 0 Å². The summed E-state index contributed by atoms with van der Waals surface area (Å²) in [6.07, 6.45) is -4.90. The molecular weight excluding hydrogens is 405 g/mol. The monoisotopic (exact) mass is 427 g/mol. The van der Waals surface area contributed by atoms with Crippen molar-refractivity contribution in [2.45, 2.75) is 50.4 Å². The Morgan fingerprint density at radius 3 is 2.23 bits per heavy atom. The first-order valence-electron chi connectivity index (χ1n) is 9.49. The van der Waals surface area contributed by atoms with Crippen LogP contribution < -0.4 is 5.32 Å². The minimum absolute atomic E-state index is 0.00197. The molecule has 1 amide bonds. The van der Waals surface area contributed by atoms with Crippen LogP contribution in [0.25, 0.3) is 0 Å². The number of halogens is 5. The summed E-state index contributed by atoms with van der Waals surface area (Å²) in [5, 5.41) is 2.90. The van der Waals surface area contributed by atoms with Crippen molar-refractivity contribution in [3.05, 3.63) is 70.8 Å². The van der Waals surface area contributed by atoms with E-state index < -0.39 is 34.9 Å². The standard InChI is InChI=1S/C22H22F5NO2/c1-14(15-10-17(20(2,23)24)12-18(11-15)22(25,26)27)30-13-21(9-8-19(29)28-21)16-6-4-3-5-7-16/h3-7,10-12,14H,8-9,13H2,1-2H3,(H,28,29)/t14-,21-/m1/s1. The van der Waals surface area contributed by atoms with E-state index in [9.17, 15) is 26.7 Å². The Morgan fingerprint density at radius 1 is 1.07 bits per heavy atom. The van der Waals surface area contributed by atoms with Crippen LogP contribution in [0.5, 0.6) is 0 Å². The van der Waals surface area contributed by atoms with Crippen molar-refractivity contribution in [1.29, 1.82) is 0 Å². The Labute approximate surface area is 171 Å². The number of carbonyl (C=O) groups is 1. The molecule has 0 radical (unpaired) electrons. The van der Waals surface area contributed by atoms with Gasteiger partial charge in [0.05, 0.1) is 23.8 Å². The number of rotatable bonds is 6. The smallest absolute Gasteiger partial charge is 0.371 e. The van der Waals surface area contributed by atoms with Crippen LogP contribution in [0.15, 0.2) is 48.5 Å². The van der Waals surface area contributed by atoms with Gasteiger partial charge in [-0.15, -0.1) is 0 Å². The van der Waals surface area contributed by atoms with E-state index in [1.807, 2.05) is 30.3 Å². The zero-order valence-electron chi connectivity index (χ0n) is 16.5. The molecule has 0 aromatic heterocycles. The number of amides is 1. The number of ether oxygens (including phenoxy) is 1. The summed E-state index contributed by atoms with van der Waals surface area (Å²) in [7, 11) is 0. The molecule has 3 rings (SSSR count). The van der Waals surface area contributed by atoms with E-state index in [-0.39, 0.29) is 18.1 Å². The van der Waals surface area contributed by atoms with E-state index in [0.29, 0.717) is 25.8 Å². The van der Waals surface area contributed by atoms with Gasteiger partial charge >= 0.3 is 6.18 Å². The molecule has 1 N–H and O–H groups in total. The Hall–Kier alpha value is -2.48. The summed E-state index contributed by atoms with van der Waals surface area (Å²) in [6, 6.07) is 11.4. The summed E-state index contributed by atoms with van der Waals surface area (Å²) in [6.45, 7) is 2.05. The van der Waals surface area contributed by atoms with E-state index >= 15 is 0 Å². The third-order valence-corrected chi connectivity index (χ3v) is 5.32. The van der Waals surface area contributed by atoms with Crippen LogP contribution >= 0.6 is 0 Å². The summed E-state index contributed by atoms with van der Waals surface area (Å²) in [5.41, 5.74) is -1.89. The zero-order chi connectivity index (χ0) is 22.2. The van der Waals surface area contributed by atoms with E-state index in [2.05, 4.69) is 5.32 Å². The first-order valence-corrected chi connectivity index (χ1v) is 9.49. The van der Waals surface area contributed by atoms with Gasteiger partial charge in [-0.1, -0.05) is 30.3 Å². The lowest BCUT2D eigenvalue weighted by Gasteiger charge is -2.31. The van der Waals surface area contributed by atoms with Crippen molar-refractivity contribution in [3.63, 3.8) is 0 Å². The van der Waals surface area contributed by atoms with Crippen molar-refractivity contribution in [2.75, 3.05) is 6.61 Å². The van der Waals surface area contributed by atoms with Crippen LogP contribution in [0.1, 0.15) is 55.0 Å². The molecule has 2 atom stereocenters. The quantitative estimate of drug-likeness (QED) is 0.601. The average molecular weight is 427 g/mol. The fourth-order valence-electron chi connectivity index (χ4n) is 3.55. The lowest BCUT2D eigenvalue weighted by atomic mass is 9.89. The summed E-state index contributed by atoms with van der Waals surface area (Å²) in [5.74, 6) is -3.58. The fourth-order valence-corrected chi connectivity index (χ4v) is 3.55. The second kappa shape index (κ2) is 7.98. The number of benzene rings is 2. The Balaban J connectivity index is 1.88. The van der Waals surface area contributed by atoms with Gasteiger partial charge in [0, 0.05) is 18.9 Å². The molecule has 8 heteroatoms. The molecule has 0 bridgehead atoms. The maximum atomic E-state index is 13.8. The first-order chi connectivity index (χ1) is 13.9. The second-order valence-corrected chi connectivity index (χ2v) is 7.68. The normalized spacial score (nSPS) is 20.8. The minimum Gasteiger partial charge on any atom is -0.371 e. The maximum Gasteiger partial charge on any atom is 0.416 e. The van der Waals surface area contributed by atoms with Crippen molar-refractivity contribution in [3.8, 4) is 0 Å². The molecule has 2 aromatic carbocycles. The molecule has 1 saturated heterocycles. The van der Waals surface area contributed by atoms with Crippen LogP contribution in [0.3, 0.4) is 0 Å². The zero-order valence-corrected chi connectivity index (χ0v) is 16.5. The molecule has 0 aliphatic carbocycles. The van der Waals surface area contributed by atoms with Gasteiger partial charge < -0.3 is 10.1 Å². The molecule has 0 spiro atoms.